The first-order valence-electron chi connectivity index (χ1n) is 9.60. The van der Waals surface area contributed by atoms with E-state index in [0.717, 1.165) is 41.2 Å². The van der Waals surface area contributed by atoms with Gasteiger partial charge in [0.1, 0.15) is 5.84 Å². The zero-order valence-electron chi connectivity index (χ0n) is 17.1. The van der Waals surface area contributed by atoms with Gasteiger partial charge in [0.15, 0.2) is 0 Å². The molecule has 0 saturated heterocycles. The normalized spacial score (nSPS) is 12.5. The van der Waals surface area contributed by atoms with Gasteiger partial charge in [-0.15, -0.1) is 0 Å². The van der Waals surface area contributed by atoms with Crippen LogP contribution in [0.15, 0.2) is 72.5 Å². The van der Waals surface area contributed by atoms with Gasteiger partial charge < -0.3 is 5.11 Å². The Morgan fingerprint density at radius 3 is 2.73 bits per heavy atom. The molecule has 30 heavy (non-hydrogen) atoms. The molecule has 1 N–H and O–H groups in total. The van der Waals surface area contributed by atoms with E-state index in [1.165, 1.54) is 16.7 Å². The van der Waals surface area contributed by atoms with Crippen LogP contribution in [-0.2, 0) is 17.6 Å². The van der Waals surface area contributed by atoms with Crippen LogP contribution < -0.4 is 0 Å². The Kier molecular flexibility index (Phi) is 6.70. The third-order valence-electron chi connectivity index (χ3n) is 5.02. The fraction of sp³-hybridized carbons (Fsp3) is 0.167. The summed E-state index contributed by atoms with van der Waals surface area (Å²) in [6, 6.07) is 10.7. The van der Waals surface area contributed by atoms with Gasteiger partial charge >= 0.3 is 0 Å². The summed E-state index contributed by atoms with van der Waals surface area (Å²) in [4.78, 5) is 17.1. The molecule has 0 aliphatic heterocycles. The summed E-state index contributed by atoms with van der Waals surface area (Å²) in [5.74, 6) is 0.805. The maximum Gasteiger partial charge on any atom is 0.290 e. The lowest BCUT2D eigenvalue weighted by atomic mass is 9.87. The topological polar surface area (TPSA) is 80.4 Å². The lowest BCUT2D eigenvalue weighted by molar-refractivity contribution is -0.122. The summed E-state index contributed by atoms with van der Waals surface area (Å²) < 4.78 is 1.97. The van der Waals surface area contributed by atoms with Crippen LogP contribution >= 0.6 is 0 Å². The molecule has 3 aromatic rings. The molecule has 0 atom stereocenters. The predicted octanol–water partition coefficient (Wildman–Crippen LogP) is 4.34. The van der Waals surface area contributed by atoms with Gasteiger partial charge in [0.05, 0.1) is 11.4 Å². The molecule has 0 bridgehead atoms. The molecule has 1 aliphatic rings. The highest BCUT2D eigenvalue weighted by molar-refractivity contribution is 5.98. The van der Waals surface area contributed by atoms with Crippen LogP contribution in [0.1, 0.15) is 16.8 Å². The molecular weight excluding hydrogens is 376 g/mol. The molecule has 6 nitrogen and oxygen atoms in total. The van der Waals surface area contributed by atoms with Gasteiger partial charge in [0.2, 0.25) is 0 Å². The first-order chi connectivity index (χ1) is 14.6. The van der Waals surface area contributed by atoms with E-state index in [1.54, 1.807) is 19.3 Å². The van der Waals surface area contributed by atoms with E-state index in [1.807, 2.05) is 29.1 Å². The molecule has 2 aromatic heterocycles. The number of aromatic nitrogens is 3. The lowest BCUT2D eigenvalue weighted by Gasteiger charge is -2.20. The number of hydrogen-bond donors (Lipinski definition) is 1. The van der Waals surface area contributed by atoms with Gasteiger partial charge in [0, 0.05) is 36.1 Å². The molecule has 1 aromatic carbocycles. The number of pyridine rings is 1. The van der Waals surface area contributed by atoms with Crippen molar-refractivity contribution in [3.05, 3.63) is 84.4 Å². The van der Waals surface area contributed by atoms with Crippen molar-refractivity contribution in [2.75, 3.05) is 7.05 Å². The number of aliphatic imine (C=N–C) groups is 1. The number of benzene rings is 1. The van der Waals surface area contributed by atoms with Crippen LogP contribution in [0, 0.1) is 6.92 Å². The van der Waals surface area contributed by atoms with Crippen LogP contribution in [0.3, 0.4) is 0 Å². The minimum atomic E-state index is -0.250. The second-order valence-electron chi connectivity index (χ2n) is 6.72. The minimum Gasteiger partial charge on any atom is -0.483 e. The molecule has 152 valence electrons. The van der Waals surface area contributed by atoms with Crippen molar-refractivity contribution in [3.63, 3.8) is 0 Å². The average Bonchev–Trinajstić information content (AvgIpc) is 3.12. The van der Waals surface area contributed by atoms with Gasteiger partial charge in [-0.2, -0.15) is 5.10 Å². The smallest absolute Gasteiger partial charge is 0.290 e. The van der Waals surface area contributed by atoms with Crippen molar-refractivity contribution >= 4 is 12.3 Å². The summed E-state index contributed by atoms with van der Waals surface area (Å²) >= 11 is 0. The van der Waals surface area contributed by atoms with Gasteiger partial charge in [-0.05, 0) is 49.1 Å². The van der Waals surface area contributed by atoms with E-state index in [-0.39, 0.29) is 6.47 Å². The summed E-state index contributed by atoms with van der Waals surface area (Å²) in [5.41, 5.74) is 8.37. The van der Waals surface area contributed by atoms with Crippen LogP contribution in [0.4, 0.5) is 0 Å². The monoisotopic (exact) mass is 400 g/mol. The third kappa shape index (κ3) is 4.12. The number of nitrogens with zero attached hydrogens (tertiary/aromatic N) is 4. The van der Waals surface area contributed by atoms with Crippen molar-refractivity contribution in [3.8, 4) is 22.4 Å². The maximum absolute atomic E-state index is 8.36. The van der Waals surface area contributed by atoms with Gasteiger partial charge in [-0.25, -0.2) is 4.68 Å². The number of rotatable bonds is 3. The fourth-order valence-corrected chi connectivity index (χ4v) is 3.68. The number of hydrogen-bond acceptors (Lipinski definition) is 4. The van der Waals surface area contributed by atoms with Crippen molar-refractivity contribution in [1.29, 1.82) is 0 Å². The zero-order valence-corrected chi connectivity index (χ0v) is 17.1. The molecule has 0 radical (unpaired) electrons. The molecule has 0 spiro atoms. The predicted molar refractivity (Wildman–Crippen MR) is 120 cm³/mol. The number of carboxylic acid groups (broad SMARTS) is 1. The van der Waals surface area contributed by atoms with Crippen LogP contribution in [0.5, 0.6) is 0 Å². The largest absolute Gasteiger partial charge is 0.483 e. The second kappa shape index (κ2) is 9.60. The summed E-state index contributed by atoms with van der Waals surface area (Å²) in [6.07, 6.45) is 11.3. The fourth-order valence-electron chi connectivity index (χ4n) is 3.68. The highest BCUT2D eigenvalue weighted by atomic mass is 16.3. The quantitative estimate of drug-likeness (QED) is 0.307. The van der Waals surface area contributed by atoms with Crippen molar-refractivity contribution in [2.45, 2.75) is 19.8 Å². The Morgan fingerprint density at radius 1 is 1.27 bits per heavy atom. The van der Waals surface area contributed by atoms with Crippen LogP contribution in [0.2, 0.25) is 0 Å². The molecule has 6 heteroatoms. The van der Waals surface area contributed by atoms with E-state index in [4.69, 9.17) is 15.0 Å². The number of carbonyl (C=O) groups is 1. The standard InChI is InChI=1S/C23H22N4.CH2O2/c1-4-5-8-22(24-3)27-23-20(16(2)26-27)12-11-17-9-10-18(14-21(17)23)19-7-6-13-25-15-19;2-1-3/h4-10,13-15H,1,11-12H2,2-3H3;1H,(H,2,3)/b8-5-,24-22?;. The highest BCUT2D eigenvalue weighted by Crippen LogP contribution is 2.37. The second-order valence-corrected chi connectivity index (χ2v) is 6.72. The van der Waals surface area contributed by atoms with Crippen molar-refractivity contribution in [2.24, 2.45) is 4.99 Å². The summed E-state index contributed by atoms with van der Waals surface area (Å²) in [6.45, 7) is 5.59. The van der Waals surface area contributed by atoms with E-state index >= 15 is 0 Å². The highest BCUT2D eigenvalue weighted by Gasteiger charge is 2.25. The Bertz CT molecular complexity index is 1110. The zero-order chi connectivity index (χ0) is 21.5. The Morgan fingerprint density at radius 2 is 2.07 bits per heavy atom. The van der Waals surface area contributed by atoms with E-state index in [0.29, 0.717) is 0 Å². The van der Waals surface area contributed by atoms with Crippen molar-refractivity contribution in [1.82, 2.24) is 14.8 Å². The molecule has 0 amide bonds. The molecule has 1 aliphatic carbocycles. The Balaban J connectivity index is 0.000000806. The lowest BCUT2D eigenvalue weighted by Crippen LogP contribution is -2.15. The first kappa shape index (κ1) is 20.9. The van der Waals surface area contributed by atoms with Gasteiger partial charge in [-0.1, -0.05) is 36.9 Å². The van der Waals surface area contributed by atoms with Crippen LogP contribution in [0.25, 0.3) is 22.4 Å². The van der Waals surface area contributed by atoms with Gasteiger partial charge in [0.25, 0.3) is 6.47 Å². The molecular formula is C24H24N4O2. The minimum absolute atomic E-state index is 0.250. The molecule has 0 unspecified atom stereocenters. The number of allylic oxidation sites excluding steroid dienone is 3. The van der Waals surface area contributed by atoms with Gasteiger partial charge in [-0.3, -0.25) is 14.8 Å². The van der Waals surface area contributed by atoms with E-state index in [9.17, 15) is 0 Å². The summed E-state index contributed by atoms with van der Waals surface area (Å²) in [7, 11) is 1.79. The van der Waals surface area contributed by atoms with Crippen molar-refractivity contribution < 1.29 is 9.90 Å². The Hall–Kier alpha value is -3.80. The van der Waals surface area contributed by atoms with E-state index < -0.39 is 0 Å². The molecule has 4 rings (SSSR count). The molecule has 2 heterocycles. The first-order valence-corrected chi connectivity index (χ1v) is 9.60. The van der Waals surface area contributed by atoms with E-state index in [2.05, 4.69) is 47.7 Å². The average molecular weight is 400 g/mol. The van der Waals surface area contributed by atoms with Crippen LogP contribution in [-0.4, -0.2) is 39.2 Å². The maximum atomic E-state index is 8.36. The third-order valence-corrected chi connectivity index (χ3v) is 5.02. The number of aryl methyl sites for hydroxylation is 2. The molecule has 0 fully saturated rings. The molecule has 0 saturated carbocycles. The Labute approximate surface area is 175 Å². The number of fused-ring (bicyclic) bond motifs is 3. The SMILES string of the molecule is C=C/C=C\C(=NC)n1nc(C)c2c1-c1cc(-c3cccnc3)ccc1CC2.O=CO. The summed E-state index contributed by atoms with van der Waals surface area (Å²) in [5, 5.41) is 11.7.